The number of carbonyl (C=O) groups excluding carboxylic acids is 1. The number of rotatable bonds is 4. The van der Waals surface area contributed by atoms with Gasteiger partial charge in [0.2, 0.25) is 5.91 Å². The molecule has 0 heterocycles. The van der Waals surface area contributed by atoms with Crippen LogP contribution in [0.1, 0.15) is 49.8 Å². The van der Waals surface area contributed by atoms with Crippen LogP contribution in [0, 0.1) is 6.92 Å². The summed E-state index contributed by atoms with van der Waals surface area (Å²) in [6.07, 6.45) is 3.54. The Labute approximate surface area is 109 Å². The standard InChI is InChI=1S/C15H22N2O/c1-11-4-6-13(7-5-11)12(2)17-14(18)10-15(16)8-3-9-15/h4-7,12H,3,8-10,16H2,1-2H3,(H,17,18)/t12-/m0/s1. The molecule has 1 fully saturated rings. The maximum atomic E-state index is 11.9. The number of amides is 1. The van der Waals surface area contributed by atoms with Gasteiger partial charge >= 0.3 is 0 Å². The normalized spacial score (nSPS) is 18.8. The maximum Gasteiger partial charge on any atom is 0.222 e. The van der Waals surface area contributed by atoms with Gasteiger partial charge in [-0.15, -0.1) is 0 Å². The largest absolute Gasteiger partial charge is 0.350 e. The lowest BCUT2D eigenvalue weighted by Crippen LogP contribution is -2.50. The predicted octanol–water partition coefficient (Wildman–Crippen LogP) is 2.44. The monoisotopic (exact) mass is 246 g/mol. The molecule has 1 aliphatic rings. The average Bonchev–Trinajstić information content (AvgIpc) is 2.27. The van der Waals surface area contributed by atoms with Gasteiger partial charge in [-0.05, 0) is 38.7 Å². The van der Waals surface area contributed by atoms with Gasteiger partial charge in [-0.3, -0.25) is 4.79 Å². The second-order valence-electron chi connectivity index (χ2n) is 5.59. The molecular weight excluding hydrogens is 224 g/mol. The third-order valence-corrected chi connectivity index (χ3v) is 3.82. The topological polar surface area (TPSA) is 55.1 Å². The average molecular weight is 246 g/mol. The van der Waals surface area contributed by atoms with Crippen molar-refractivity contribution in [2.45, 2.75) is 51.1 Å². The highest BCUT2D eigenvalue weighted by Gasteiger charge is 2.34. The second-order valence-corrected chi connectivity index (χ2v) is 5.59. The van der Waals surface area contributed by atoms with Gasteiger partial charge in [0.1, 0.15) is 0 Å². The van der Waals surface area contributed by atoms with E-state index >= 15 is 0 Å². The van der Waals surface area contributed by atoms with Crippen LogP contribution in [0.5, 0.6) is 0 Å². The first-order valence-corrected chi connectivity index (χ1v) is 6.63. The Bertz CT molecular complexity index is 421. The fourth-order valence-corrected chi connectivity index (χ4v) is 2.36. The molecule has 3 heteroatoms. The fraction of sp³-hybridized carbons (Fsp3) is 0.533. The summed E-state index contributed by atoms with van der Waals surface area (Å²) < 4.78 is 0. The van der Waals surface area contributed by atoms with Crippen LogP contribution < -0.4 is 11.1 Å². The minimum atomic E-state index is -0.239. The van der Waals surface area contributed by atoms with Crippen LogP contribution in [-0.2, 0) is 4.79 Å². The molecule has 1 amide bonds. The minimum Gasteiger partial charge on any atom is -0.350 e. The zero-order valence-electron chi connectivity index (χ0n) is 11.2. The molecule has 0 aromatic heterocycles. The molecule has 0 unspecified atom stereocenters. The molecule has 98 valence electrons. The lowest BCUT2D eigenvalue weighted by Gasteiger charge is -2.37. The van der Waals surface area contributed by atoms with E-state index in [-0.39, 0.29) is 17.5 Å². The number of benzene rings is 1. The van der Waals surface area contributed by atoms with Gasteiger partial charge in [0.25, 0.3) is 0 Å². The second kappa shape index (κ2) is 5.11. The summed E-state index contributed by atoms with van der Waals surface area (Å²) in [5, 5.41) is 3.02. The Balaban J connectivity index is 1.88. The van der Waals surface area contributed by atoms with Crippen molar-refractivity contribution in [1.82, 2.24) is 5.32 Å². The van der Waals surface area contributed by atoms with Gasteiger partial charge in [-0.25, -0.2) is 0 Å². The van der Waals surface area contributed by atoms with Crippen LogP contribution in [0.25, 0.3) is 0 Å². The summed E-state index contributed by atoms with van der Waals surface area (Å²) in [4.78, 5) is 11.9. The summed E-state index contributed by atoms with van der Waals surface area (Å²) in [6, 6.07) is 8.29. The van der Waals surface area contributed by atoms with Crippen molar-refractivity contribution in [2.24, 2.45) is 5.73 Å². The lowest BCUT2D eigenvalue weighted by molar-refractivity contribution is -0.123. The molecule has 0 spiro atoms. The minimum absolute atomic E-state index is 0.0433. The molecule has 1 aromatic rings. The molecular formula is C15H22N2O. The van der Waals surface area contributed by atoms with Gasteiger partial charge in [0.15, 0.2) is 0 Å². The van der Waals surface area contributed by atoms with Crippen molar-refractivity contribution >= 4 is 5.91 Å². The van der Waals surface area contributed by atoms with Crippen LogP contribution in [0.3, 0.4) is 0 Å². The first-order chi connectivity index (χ1) is 8.48. The van der Waals surface area contributed by atoms with E-state index in [1.54, 1.807) is 0 Å². The van der Waals surface area contributed by atoms with Gasteiger partial charge in [-0.1, -0.05) is 29.8 Å². The Morgan fingerprint density at radius 3 is 2.50 bits per heavy atom. The molecule has 1 atom stereocenters. The quantitative estimate of drug-likeness (QED) is 0.857. The first kappa shape index (κ1) is 13.1. The Hall–Kier alpha value is -1.35. The summed E-state index contributed by atoms with van der Waals surface area (Å²) in [5.74, 6) is 0.0604. The SMILES string of the molecule is Cc1ccc([C@H](C)NC(=O)CC2(N)CCC2)cc1. The molecule has 1 aromatic carbocycles. The number of nitrogens with one attached hydrogen (secondary N) is 1. The highest BCUT2D eigenvalue weighted by Crippen LogP contribution is 2.32. The number of hydrogen-bond acceptors (Lipinski definition) is 2. The number of hydrogen-bond donors (Lipinski definition) is 2. The maximum absolute atomic E-state index is 11.9. The summed E-state index contributed by atoms with van der Waals surface area (Å²) in [6.45, 7) is 4.06. The van der Waals surface area contributed by atoms with Crippen LogP contribution in [-0.4, -0.2) is 11.4 Å². The van der Waals surface area contributed by atoms with E-state index in [0.29, 0.717) is 6.42 Å². The predicted molar refractivity (Wildman–Crippen MR) is 73.1 cm³/mol. The molecule has 0 aliphatic heterocycles. The van der Waals surface area contributed by atoms with Crippen molar-refractivity contribution in [3.63, 3.8) is 0 Å². The van der Waals surface area contributed by atoms with Crippen LogP contribution >= 0.6 is 0 Å². The van der Waals surface area contributed by atoms with E-state index in [1.807, 2.05) is 6.92 Å². The van der Waals surface area contributed by atoms with Gasteiger partial charge in [0, 0.05) is 12.0 Å². The molecule has 1 aliphatic carbocycles. The third-order valence-electron chi connectivity index (χ3n) is 3.82. The van der Waals surface area contributed by atoms with E-state index < -0.39 is 0 Å². The number of aryl methyl sites for hydroxylation is 1. The Morgan fingerprint density at radius 2 is 2.00 bits per heavy atom. The van der Waals surface area contributed by atoms with Gasteiger partial charge < -0.3 is 11.1 Å². The van der Waals surface area contributed by atoms with Gasteiger partial charge in [-0.2, -0.15) is 0 Å². The van der Waals surface area contributed by atoms with E-state index in [9.17, 15) is 4.79 Å². The highest BCUT2D eigenvalue weighted by molar-refractivity contribution is 5.77. The zero-order chi connectivity index (χ0) is 13.2. The van der Waals surface area contributed by atoms with E-state index in [2.05, 4.69) is 36.5 Å². The molecule has 0 bridgehead atoms. The van der Waals surface area contributed by atoms with Crippen molar-refractivity contribution in [3.05, 3.63) is 35.4 Å². The fourth-order valence-electron chi connectivity index (χ4n) is 2.36. The molecule has 0 radical (unpaired) electrons. The molecule has 2 rings (SSSR count). The van der Waals surface area contributed by atoms with E-state index in [0.717, 1.165) is 24.8 Å². The Morgan fingerprint density at radius 1 is 1.39 bits per heavy atom. The molecule has 3 N–H and O–H groups in total. The smallest absolute Gasteiger partial charge is 0.222 e. The van der Waals surface area contributed by atoms with Crippen molar-refractivity contribution in [3.8, 4) is 0 Å². The number of carbonyl (C=O) groups is 1. The van der Waals surface area contributed by atoms with E-state index in [1.165, 1.54) is 5.56 Å². The van der Waals surface area contributed by atoms with E-state index in [4.69, 9.17) is 5.73 Å². The van der Waals surface area contributed by atoms with Crippen molar-refractivity contribution in [2.75, 3.05) is 0 Å². The zero-order valence-corrected chi connectivity index (χ0v) is 11.2. The van der Waals surface area contributed by atoms with Gasteiger partial charge in [0.05, 0.1) is 6.04 Å². The molecule has 1 saturated carbocycles. The van der Waals surface area contributed by atoms with Crippen LogP contribution in [0.15, 0.2) is 24.3 Å². The molecule has 3 nitrogen and oxygen atoms in total. The van der Waals surface area contributed by atoms with Crippen molar-refractivity contribution in [1.29, 1.82) is 0 Å². The summed E-state index contributed by atoms with van der Waals surface area (Å²) in [5.41, 5.74) is 8.20. The highest BCUT2D eigenvalue weighted by atomic mass is 16.1. The summed E-state index contributed by atoms with van der Waals surface area (Å²) in [7, 11) is 0. The first-order valence-electron chi connectivity index (χ1n) is 6.63. The number of nitrogens with two attached hydrogens (primary N) is 1. The lowest BCUT2D eigenvalue weighted by atomic mass is 9.75. The Kier molecular flexibility index (Phi) is 3.71. The summed E-state index contributed by atoms with van der Waals surface area (Å²) >= 11 is 0. The third kappa shape index (κ3) is 3.10. The molecule has 0 saturated heterocycles. The van der Waals surface area contributed by atoms with Crippen LogP contribution in [0.2, 0.25) is 0 Å². The molecule has 18 heavy (non-hydrogen) atoms. The van der Waals surface area contributed by atoms with Crippen molar-refractivity contribution < 1.29 is 4.79 Å². The van der Waals surface area contributed by atoms with Crippen LogP contribution in [0.4, 0.5) is 0 Å².